The van der Waals surface area contributed by atoms with Crippen LogP contribution in [0.2, 0.25) is 5.02 Å². The molecule has 0 aliphatic heterocycles. The summed E-state index contributed by atoms with van der Waals surface area (Å²) in [5, 5.41) is 6.15. The normalized spacial score (nSPS) is 12.7. The molecule has 0 radical (unpaired) electrons. The average molecular weight is 311 g/mol. The fourth-order valence-electron chi connectivity index (χ4n) is 1.57. The van der Waals surface area contributed by atoms with Gasteiger partial charge in [0.15, 0.2) is 0 Å². The molecule has 0 aromatic heterocycles. The van der Waals surface area contributed by atoms with Gasteiger partial charge in [0.25, 0.3) is 0 Å². The number of hydrogen-bond donors (Lipinski definition) is 2. The standard InChI is InChI=1S/C16H23ClN2O2/c1-6-11(3)18-14(20)16(4,5)15(21)19-12-8-7-10(2)13(17)9-12/h7-9,11H,6H2,1-5H3,(H,18,20)(H,19,21). The highest BCUT2D eigenvalue weighted by Gasteiger charge is 2.36. The Morgan fingerprint density at radius 3 is 2.43 bits per heavy atom. The molecule has 1 rings (SSSR count). The molecule has 2 N–H and O–H groups in total. The zero-order valence-corrected chi connectivity index (χ0v) is 14.0. The average Bonchev–Trinajstić information content (AvgIpc) is 2.42. The number of carbonyl (C=O) groups excluding carboxylic acids is 2. The number of benzene rings is 1. The Morgan fingerprint density at radius 1 is 1.29 bits per heavy atom. The van der Waals surface area contributed by atoms with E-state index in [-0.39, 0.29) is 17.9 Å². The number of carbonyl (C=O) groups is 2. The van der Waals surface area contributed by atoms with Gasteiger partial charge in [-0.2, -0.15) is 0 Å². The van der Waals surface area contributed by atoms with Crippen molar-refractivity contribution in [2.24, 2.45) is 5.41 Å². The van der Waals surface area contributed by atoms with Crippen LogP contribution < -0.4 is 10.6 Å². The monoisotopic (exact) mass is 310 g/mol. The highest BCUT2D eigenvalue weighted by molar-refractivity contribution is 6.31. The minimum absolute atomic E-state index is 0.0402. The van der Waals surface area contributed by atoms with E-state index in [0.29, 0.717) is 10.7 Å². The number of aryl methyl sites for hydroxylation is 1. The summed E-state index contributed by atoms with van der Waals surface area (Å²) in [6, 6.07) is 5.31. The maximum Gasteiger partial charge on any atom is 0.239 e. The molecule has 0 saturated carbocycles. The second-order valence-electron chi connectivity index (χ2n) is 5.83. The van der Waals surface area contributed by atoms with Gasteiger partial charge < -0.3 is 10.6 Å². The molecule has 2 amide bonds. The maximum absolute atomic E-state index is 12.3. The van der Waals surface area contributed by atoms with Crippen molar-refractivity contribution in [1.29, 1.82) is 0 Å². The molecule has 1 aromatic rings. The Morgan fingerprint density at radius 2 is 1.90 bits per heavy atom. The lowest BCUT2D eigenvalue weighted by atomic mass is 9.90. The smallest absolute Gasteiger partial charge is 0.239 e. The Bertz CT molecular complexity index is 541. The molecule has 116 valence electrons. The second kappa shape index (κ2) is 6.94. The molecule has 21 heavy (non-hydrogen) atoms. The molecule has 0 spiro atoms. The number of amides is 2. The number of rotatable bonds is 5. The zero-order chi connectivity index (χ0) is 16.2. The Balaban J connectivity index is 2.81. The quantitative estimate of drug-likeness (QED) is 0.817. The molecule has 1 unspecified atom stereocenters. The van der Waals surface area contributed by atoms with Crippen molar-refractivity contribution < 1.29 is 9.59 Å². The van der Waals surface area contributed by atoms with Gasteiger partial charge in [-0.25, -0.2) is 0 Å². The summed E-state index contributed by atoms with van der Waals surface area (Å²) in [5.41, 5.74) is 0.365. The predicted octanol–water partition coefficient (Wildman–Crippen LogP) is 3.53. The van der Waals surface area contributed by atoms with Crippen molar-refractivity contribution in [3.05, 3.63) is 28.8 Å². The molecule has 0 fully saturated rings. The van der Waals surface area contributed by atoms with Crippen LogP contribution in [0.1, 0.15) is 39.7 Å². The number of halogens is 1. The van der Waals surface area contributed by atoms with Crippen LogP contribution in [0.5, 0.6) is 0 Å². The number of nitrogens with one attached hydrogen (secondary N) is 2. The van der Waals surface area contributed by atoms with Gasteiger partial charge in [-0.1, -0.05) is 24.6 Å². The maximum atomic E-state index is 12.3. The first-order valence-electron chi connectivity index (χ1n) is 7.07. The van der Waals surface area contributed by atoms with Gasteiger partial charge in [0.05, 0.1) is 0 Å². The molecule has 1 atom stereocenters. The molecule has 0 aliphatic rings. The molecule has 0 aliphatic carbocycles. The third-order valence-corrected chi connectivity index (χ3v) is 3.96. The third kappa shape index (κ3) is 4.46. The summed E-state index contributed by atoms with van der Waals surface area (Å²) in [6.45, 7) is 8.99. The van der Waals surface area contributed by atoms with Gasteiger partial charge in [0, 0.05) is 16.8 Å². The summed E-state index contributed by atoms with van der Waals surface area (Å²) in [5.74, 6) is -0.643. The fourth-order valence-corrected chi connectivity index (χ4v) is 1.75. The topological polar surface area (TPSA) is 58.2 Å². The molecule has 4 nitrogen and oxygen atoms in total. The lowest BCUT2D eigenvalue weighted by molar-refractivity contribution is -0.138. The molecule has 0 saturated heterocycles. The summed E-state index contributed by atoms with van der Waals surface area (Å²) >= 11 is 6.03. The molecule has 0 heterocycles. The van der Waals surface area contributed by atoms with E-state index >= 15 is 0 Å². The van der Waals surface area contributed by atoms with Crippen LogP contribution in [0.25, 0.3) is 0 Å². The van der Waals surface area contributed by atoms with E-state index in [2.05, 4.69) is 10.6 Å². The minimum atomic E-state index is -1.15. The minimum Gasteiger partial charge on any atom is -0.353 e. The first-order chi connectivity index (χ1) is 9.68. The highest BCUT2D eigenvalue weighted by Crippen LogP contribution is 2.23. The van der Waals surface area contributed by atoms with Crippen LogP contribution in [0.15, 0.2) is 18.2 Å². The lowest BCUT2D eigenvalue weighted by Gasteiger charge is -2.24. The van der Waals surface area contributed by atoms with Gasteiger partial charge >= 0.3 is 0 Å². The summed E-state index contributed by atoms with van der Waals surface area (Å²) in [4.78, 5) is 24.5. The van der Waals surface area contributed by atoms with Crippen LogP contribution in [0, 0.1) is 12.3 Å². The van der Waals surface area contributed by atoms with Crippen LogP contribution in [0.4, 0.5) is 5.69 Å². The van der Waals surface area contributed by atoms with Crippen LogP contribution in [-0.2, 0) is 9.59 Å². The Kier molecular flexibility index (Phi) is 5.78. The van der Waals surface area contributed by atoms with Gasteiger partial charge in [0.1, 0.15) is 5.41 Å². The zero-order valence-electron chi connectivity index (χ0n) is 13.2. The van der Waals surface area contributed by atoms with Crippen molar-refractivity contribution in [2.45, 2.75) is 47.1 Å². The Hall–Kier alpha value is -1.55. The Labute approximate surface area is 131 Å². The van der Waals surface area contributed by atoms with E-state index in [1.165, 1.54) is 0 Å². The predicted molar refractivity (Wildman–Crippen MR) is 86.5 cm³/mol. The first-order valence-corrected chi connectivity index (χ1v) is 7.44. The van der Waals surface area contributed by atoms with Crippen LogP contribution >= 0.6 is 11.6 Å². The summed E-state index contributed by atoms with van der Waals surface area (Å²) < 4.78 is 0. The lowest BCUT2D eigenvalue weighted by Crippen LogP contribution is -2.47. The SMILES string of the molecule is CCC(C)NC(=O)C(C)(C)C(=O)Nc1ccc(C)c(Cl)c1. The first kappa shape index (κ1) is 17.5. The third-order valence-electron chi connectivity index (χ3n) is 3.55. The molecule has 5 heteroatoms. The second-order valence-corrected chi connectivity index (χ2v) is 6.23. The summed E-state index contributed by atoms with van der Waals surface area (Å²) in [6.07, 6.45) is 0.816. The van der Waals surface area contributed by atoms with Crippen LogP contribution in [0.3, 0.4) is 0 Å². The fraction of sp³-hybridized carbons (Fsp3) is 0.500. The van der Waals surface area contributed by atoms with E-state index in [9.17, 15) is 9.59 Å². The van der Waals surface area contributed by atoms with Gasteiger partial charge in [-0.15, -0.1) is 0 Å². The van der Waals surface area contributed by atoms with Crippen molar-refractivity contribution in [3.8, 4) is 0 Å². The van der Waals surface area contributed by atoms with E-state index in [1.807, 2.05) is 26.8 Å². The van der Waals surface area contributed by atoms with Crippen molar-refractivity contribution in [1.82, 2.24) is 5.32 Å². The van der Waals surface area contributed by atoms with Crippen molar-refractivity contribution >= 4 is 29.1 Å². The van der Waals surface area contributed by atoms with Crippen molar-refractivity contribution in [2.75, 3.05) is 5.32 Å². The molecule has 1 aromatic carbocycles. The molecule has 0 bridgehead atoms. The number of anilines is 1. The largest absolute Gasteiger partial charge is 0.353 e. The van der Waals surface area contributed by atoms with Gasteiger partial charge in [-0.3, -0.25) is 9.59 Å². The van der Waals surface area contributed by atoms with E-state index < -0.39 is 5.41 Å². The number of hydrogen-bond acceptors (Lipinski definition) is 2. The molecular formula is C16H23ClN2O2. The van der Waals surface area contributed by atoms with Gasteiger partial charge in [-0.05, 0) is 51.8 Å². The van der Waals surface area contributed by atoms with E-state index in [4.69, 9.17) is 11.6 Å². The van der Waals surface area contributed by atoms with E-state index in [0.717, 1.165) is 12.0 Å². The van der Waals surface area contributed by atoms with Gasteiger partial charge in [0.2, 0.25) is 11.8 Å². The molecular weight excluding hydrogens is 288 g/mol. The van der Waals surface area contributed by atoms with E-state index in [1.54, 1.807) is 26.0 Å². The highest BCUT2D eigenvalue weighted by atomic mass is 35.5. The van der Waals surface area contributed by atoms with Crippen LogP contribution in [-0.4, -0.2) is 17.9 Å². The summed E-state index contributed by atoms with van der Waals surface area (Å²) in [7, 11) is 0. The van der Waals surface area contributed by atoms with Crippen molar-refractivity contribution in [3.63, 3.8) is 0 Å².